The molecular formula is C18H17BrN2O3S. The summed E-state index contributed by atoms with van der Waals surface area (Å²) in [5.74, 6) is 1.35. The van der Waals surface area contributed by atoms with Gasteiger partial charge in [-0.25, -0.2) is 4.99 Å². The Labute approximate surface area is 158 Å². The molecule has 3 rings (SSSR count). The van der Waals surface area contributed by atoms with Gasteiger partial charge in [0, 0.05) is 12.6 Å². The van der Waals surface area contributed by atoms with Crippen molar-refractivity contribution in [2.45, 2.75) is 13.3 Å². The van der Waals surface area contributed by atoms with Crippen LogP contribution >= 0.6 is 27.7 Å². The predicted octanol–water partition coefficient (Wildman–Crippen LogP) is 5.06. The van der Waals surface area contributed by atoms with E-state index in [2.05, 4.69) is 20.9 Å². The number of carbonyl (C=O) groups is 1. The number of hydrogen-bond acceptors (Lipinski definition) is 5. The standard InChI is InChI=1S/C18H17BrN2O3S/c1-3-10-21-17(22)15(11-14-8-9-16(19)24-14)25-18(21)20-12-4-6-13(23-2)7-5-12/h4-9,11H,3,10H2,1-2H3/b15-11-,20-18?. The van der Waals surface area contributed by atoms with Gasteiger partial charge in [-0.05, 0) is 70.5 Å². The highest BCUT2D eigenvalue weighted by atomic mass is 79.9. The summed E-state index contributed by atoms with van der Waals surface area (Å²) >= 11 is 4.63. The third-order valence-corrected chi connectivity index (χ3v) is 4.93. The minimum Gasteiger partial charge on any atom is -0.497 e. The van der Waals surface area contributed by atoms with Crippen LogP contribution in [0.25, 0.3) is 6.08 Å². The number of rotatable bonds is 5. The number of carbonyl (C=O) groups excluding carboxylic acids is 1. The van der Waals surface area contributed by atoms with Crippen molar-refractivity contribution in [1.82, 2.24) is 4.90 Å². The number of halogens is 1. The summed E-state index contributed by atoms with van der Waals surface area (Å²) in [5.41, 5.74) is 0.777. The van der Waals surface area contributed by atoms with Gasteiger partial charge < -0.3 is 9.15 Å². The van der Waals surface area contributed by atoms with Gasteiger partial charge in [0.2, 0.25) is 0 Å². The van der Waals surface area contributed by atoms with Crippen LogP contribution in [0.5, 0.6) is 5.75 Å². The second-order valence-corrected chi connectivity index (χ2v) is 7.09. The molecule has 0 saturated carbocycles. The van der Waals surface area contributed by atoms with Crippen LogP contribution in [0.1, 0.15) is 19.1 Å². The molecule has 0 unspecified atom stereocenters. The zero-order valence-electron chi connectivity index (χ0n) is 13.9. The van der Waals surface area contributed by atoms with E-state index >= 15 is 0 Å². The Balaban J connectivity index is 1.90. The molecule has 5 nitrogen and oxygen atoms in total. The van der Waals surface area contributed by atoms with E-state index in [1.807, 2.05) is 37.3 Å². The largest absolute Gasteiger partial charge is 0.497 e. The molecule has 1 aliphatic heterocycles. The molecule has 1 amide bonds. The summed E-state index contributed by atoms with van der Waals surface area (Å²) in [6, 6.07) is 11.0. The van der Waals surface area contributed by atoms with Gasteiger partial charge in [0.25, 0.3) is 5.91 Å². The first-order valence-corrected chi connectivity index (χ1v) is 9.41. The maximum Gasteiger partial charge on any atom is 0.266 e. The van der Waals surface area contributed by atoms with E-state index in [-0.39, 0.29) is 5.91 Å². The van der Waals surface area contributed by atoms with Crippen molar-refractivity contribution < 1.29 is 13.9 Å². The van der Waals surface area contributed by atoms with E-state index in [0.29, 0.717) is 27.0 Å². The van der Waals surface area contributed by atoms with E-state index in [4.69, 9.17) is 9.15 Å². The number of amidine groups is 1. The molecule has 0 spiro atoms. The lowest BCUT2D eigenvalue weighted by Crippen LogP contribution is -2.29. The quantitative estimate of drug-likeness (QED) is 0.633. The highest BCUT2D eigenvalue weighted by molar-refractivity contribution is 9.10. The van der Waals surface area contributed by atoms with Crippen LogP contribution in [0.15, 0.2) is 55.4 Å². The van der Waals surface area contributed by atoms with Gasteiger partial charge in [0.1, 0.15) is 11.5 Å². The zero-order chi connectivity index (χ0) is 17.8. The Hall–Kier alpha value is -1.99. The average molecular weight is 421 g/mol. The smallest absolute Gasteiger partial charge is 0.266 e. The lowest BCUT2D eigenvalue weighted by molar-refractivity contribution is -0.122. The molecule has 0 radical (unpaired) electrons. The molecule has 0 atom stereocenters. The minimum absolute atomic E-state index is 0.0494. The average Bonchev–Trinajstić information content (AvgIpc) is 3.14. The van der Waals surface area contributed by atoms with E-state index in [9.17, 15) is 4.79 Å². The fourth-order valence-electron chi connectivity index (χ4n) is 2.31. The molecule has 7 heteroatoms. The topological polar surface area (TPSA) is 55.0 Å². The normalized spacial score (nSPS) is 17.7. The summed E-state index contributed by atoms with van der Waals surface area (Å²) in [7, 11) is 1.62. The number of ether oxygens (including phenoxy) is 1. The number of amides is 1. The van der Waals surface area contributed by atoms with Crippen LogP contribution in [0.4, 0.5) is 5.69 Å². The molecule has 0 N–H and O–H groups in total. The lowest BCUT2D eigenvalue weighted by Gasteiger charge is -2.13. The number of furan rings is 1. The second kappa shape index (κ2) is 7.93. The molecule has 1 fully saturated rings. The molecular weight excluding hydrogens is 404 g/mol. The summed E-state index contributed by atoms with van der Waals surface area (Å²) < 4.78 is 11.3. The van der Waals surface area contributed by atoms with Crippen molar-refractivity contribution in [2.24, 2.45) is 4.99 Å². The number of nitrogens with zero attached hydrogens (tertiary/aromatic N) is 2. The van der Waals surface area contributed by atoms with Crippen molar-refractivity contribution in [2.75, 3.05) is 13.7 Å². The monoisotopic (exact) mass is 420 g/mol. The Morgan fingerprint density at radius 3 is 2.64 bits per heavy atom. The van der Waals surface area contributed by atoms with Gasteiger partial charge in [-0.1, -0.05) is 6.92 Å². The summed E-state index contributed by atoms with van der Waals surface area (Å²) in [5, 5.41) is 0.675. The SMILES string of the molecule is CCCN1C(=O)/C(=C/c2ccc(Br)o2)SC1=Nc1ccc(OC)cc1. The molecule has 130 valence electrons. The van der Waals surface area contributed by atoms with Gasteiger partial charge in [-0.15, -0.1) is 0 Å². The zero-order valence-corrected chi connectivity index (χ0v) is 16.3. The Bertz CT molecular complexity index is 827. The Kier molecular flexibility index (Phi) is 5.65. The molecule has 0 aliphatic carbocycles. The first-order chi connectivity index (χ1) is 12.1. The number of benzene rings is 1. The van der Waals surface area contributed by atoms with E-state index < -0.39 is 0 Å². The van der Waals surface area contributed by atoms with Crippen molar-refractivity contribution in [1.29, 1.82) is 0 Å². The molecule has 0 bridgehead atoms. The molecule has 2 heterocycles. The molecule has 1 aromatic heterocycles. The lowest BCUT2D eigenvalue weighted by atomic mass is 10.3. The van der Waals surface area contributed by atoms with Gasteiger partial charge in [-0.3, -0.25) is 9.69 Å². The van der Waals surface area contributed by atoms with Crippen molar-refractivity contribution in [3.05, 3.63) is 51.7 Å². The first-order valence-electron chi connectivity index (χ1n) is 7.80. The van der Waals surface area contributed by atoms with Gasteiger partial charge >= 0.3 is 0 Å². The van der Waals surface area contributed by atoms with Crippen molar-refractivity contribution in [3.63, 3.8) is 0 Å². The first kappa shape index (κ1) is 17.8. The minimum atomic E-state index is -0.0494. The second-order valence-electron chi connectivity index (χ2n) is 5.30. The summed E-state index contributed by atoms with van der Waals surface area (Å²) in [4.78, 5) is 19.6. The van der Waals surface area contributed by atoms with Gasteiger partial charge in [-0.2, -0.15) is 0 Å². The molecule has 1 saturated heterocycles. The van der Waals surface area contributed by atoms with Crippen molar-refractivity contribution >= 4 is 50.5 Å². The summed E-state index contributed by atoms with van der Waals surface area (Å²) in [6.07, 6.45) is 2.60. The number of aliphatic imine (C=N–C) groups is 1. The molecule has 1 aliphatic rings. The highest BCUT2D eigenvalue weighted by Crippen LogP contribution is 2.35. The van der Waals surface area contributed by atoms with E-state index in [1.54, 1.807) is 24.2 Å². The highest BCUT2D eigenvalue weighted by Gasteiger charge is 2.33. The van der Waals surface area contributed by atoms with Crippen LogP contribution in [-0.2, 0) is 4.79 Å². The van der Waals surface area contributed by atoms with Crippen LogP contribution in [0.3, 0.4) is 0 Å². The molecule has 25 heavy (non-hydrogen) atoms. The summed E-state index contributed by atoms with van der Waals surface area (Å²) in [6.45, 7) is 2.66. The van der Waals surface area contributed by atoms with Crippen molar-refractivity contribution in [3.8, 4) is 5.75 Å². The fraction of sp³-hybridized carbons (Fsp3) is 0.222. The predicted molar refractivity (Wildman–Crippen MR) is 104 cm³/mol. The Morgan fingerprint density at radius 1 is 1.28 bits per heavy atom. The van der Waals surface area contributed by atoms with Crippen LogP contribution in [0, 0.1) is 0 Å². The molecule has 2 aromatic rings. The third kappa shape index (κ3) is 4.16. The number of methoxy groups -OCH3 is 1. The Morgan fingerprint density at radius 2 is 2.04 bits per heavy atom. The van der Waals surface area contributed by atoms with Gasteiger partial charge in [0.05, 0.1) is 17.7 Å². The van der Waals surface area contributed by atoms with Crippen LogP contribution < -0.4 is 4.74 Å². The maximum absolute atomic E-state index is 12.7. The van der Waals surface area contributed by atoms with Gasteiger partial charge in [0.15, 0.2) is 9.84 Å². The fourth-order valence-corrected chi connectivity index (χ4v) is 3.64. The number of thioether (sulfide) groups is 1. The third-order valence-electron chi connectivity index (χ3n) is 3.50. The number of hydrogen-bond donors (Lipinski definition) is 0. The van der Waals surface area contributed by atoms with E-state index in [0.717, 1.165) is 17.9 Å². The molecule has 1 aromatic carbocycles. The van der Waals surface area contributed by atoms with E-state index in [1.165, 1.54) is 11.8 Å². The van der Waals surface area contributed by atoms with Crippen LogP contribution in [0.2, 0.25) is 0 Å². The maximum atomic E-state index is 12.7. The van der Waals surface area contributed by atoms with Crippen LogP contribution in [-0.4, -0.2) is 29.6 Å².